The summed E-state index contributed by atoms with van der Waals surface area (Å²) < 4.78 is 27.9. The molecule has 0 bridgehead atoms. The minimum Gasteiger partial charge on any atom is -0.477 e. The molecule has 1 saturated heterocycles. The molecule has 210 valence electrons. The molecule has 1 aliphatic carbocycles. The van der Waals surface area contributed by atoms with E-state index in [1.165, 1.54) is 10.4 Å². The first-order valence-corrected chi connectivity index (χ1v) is 15.5. The van der Waals surface area contributed by atoms with Gasteiger partial charge in [-0.25, -0.2) is 18.2 Å². The fourth-order valence-electron chi connectivity index (χ4n) is 5.11. The number of rotatable bonds is 6. The molecule has 2 aliphatic heterocycles. The van der Waals surface area contributed by atoms with Crippen LogP contribution in [0.25, 0.3) is 0 Å². The molecule has 3 heterocycles. The molecule has 1 aromatic heterocycles. The van der Waals surface area contributed by atoms with Crippen LogP contribution < -0.4 is 4.90 Å². The molecule has 2 fully saturated rings. The van der Waals surface area contributed by atoms with Gasteiger partial charge in [0, 0.05) is 30.8 Å². The van der Waals surface area contributed by atoms with E-state index in [9.17, 15) is 27.9 Å². The van der Waals surface area contributed by atoms with Crippen molar-refractivity contribution < 1.29 is 27.9 Å². The van der Waals surface area contributed by atoms with Gasteiger partial charge in [-0.1, -0.05) is 24.8 Å². The van der Waals surface area contributed by atoms with Gasteiger partial charge in [-0.05, 0) is 64.9 Å². The number of hydrogen-bond donors (Lipinski definition) is 1. The number of carbonyl (C=O) groups excluding carboxylic acids is 2. The third-order valence-corrected chi connectivity index (χ3v) is 10.2. The van der Waals surface area contributed by atoms with Crippen LogP contribution in [0, 0.1) is 29.1 Å². The van der Waals surface area contributed by atoms with Gasteiger partial charge in [0.15, 0.2) is 0 Å². The van der Waals surface area contributed by atoms with Crippen LogP contribution in [0.5, 0.6) is 0 Å². The number of allylic oxidation sites excluding steroid dienone is 1. The Balaban J connectivity index is 1.70. The maximum atomic E-state index is 14.1. The summed E-state index contributed by atoms with van der Waals surface area (Å²) in [5, 5.41) is 10.1. The van der Waals surface area contributed by atoms with Gasteiger partial charge in [-0.15, -0.1) is 11.3 Å². The molecule has 1 N–H and O–H groups in total. The molecule has 3 aliphatic rings. The summed E-state index contributed by atoms with van der Waals surface area (Å²) in [5.41, 5.74) is -0.00762. The SMILES string of the molecule is CC(C)(C)C#Cc1cc(N(C(=O)[C@H]2CC[C@H](C)CC2)[C@H]2CCN(S(=O)(=O)C3=CCC(=O)N=C3)C2)c(C(=O)O)s1. The number of nitrogens with zero attached hydrogens (tertiary/aromatic N) is 3. The Morgan fingerprint density at radius 1 is 1.18 bits per heavy atom. The molecule has 1 atom stereocenters. The maximum absolute atomic E-state index is 14.1. The van der Waals surface area contributed by atoms with Gasteiger partial charge in [0.05, 0.1) is 27.7 Å². The van der Waals surface area contributed by atoms with E-state index < -0.39 is 27.9 Å². The summed E-state index contributed by atoms with van der Waals surface area (Å²) in [6.45, 7) is 8.24. The van der Waals surface area contributed by atoms with Gasteiger partial charge >= 0.3 is 5.97 Å². The topological polar surface area (TPSA) is 124 Å². The molecule has 1 aromatic rings. The van der Waals surface area contributed by atoms with Crippen LogP contribution in [0.3, 0.4) is 0 Å². The highest BCUT2D eigenvalue weighted by atomic mass is 32.2. The first-order chi connectivity index (χ1) is 18.3. The highest BCUT2D eigenvalue weighted by Crippen LogP contribution is 2.38. The molecular weight excluding hydrogens is 538 g/mol. The van der Waals surface area contributed by atoms with Gasteiger partial charge < -0.3 is 10.0 Å². The normalized spacial score (nSPS) is 24.2. The number of hydrogen-bond acceptors (Lipinski definition) is 6. The average molecular weight is 574 g/mol. The van der Waals surface area contributed by atoms with Crippen molar-refractivity contribution in [2.24, 2.45) is 22.2 Å². The number of amides is 2. The number of thiophene rings is 1. The van der Waals surface area contributed by atoms with Gasteiger partial charge in [0.1, 0.15) is 4.88 Å². The van der Waals surface area contributed by atoms with Crippen LogP contribution in [-0.2, 0) is 19.6 Å². The zero-order valence-corrected chi connectivity index (χ0v) is 24.4. The number of carboxylic acids is 1. The van der Waals surface area contributed by atoms with Crippen molar-refractivity contribution >= 4 is 51.0 Å². The van der Waals surface area contributed by atoms with Gasteiger partial charge in [0.2, 0.25) is 21.8 Å². The highest BCUT2D eigenvalue weighted by molar-refractivity contribution is 7.93. The number of aromatic carboxylic acids is 1. The summed E-state index contributed by atoms with van der Waals surface area (Å²) >= 11 is 1.03. The second-order valence-corrected chi connectivity index (χ2v) is 14.6. The van der Waals surface area contributed by atoms with E-state index in [1.807, 2.05) is 20.8 Å². The lowest BCUT2D eigenvalue weighted by Crippen LogP contribution is -2.46. The molecule has 0 spiro atoms. The van der Waals surface area contributed by atoms with E-state index in [1.54, 1.807) is 11.0 Å². The lowest BCUT2D eigenvalue weighted by Gasteiger charge is -2.34. The van der Waals surface area contributed by atoms with E-state index in [-0.39, 0.29) is 52.2 Å². The van der Waals surface area contributed by atoms with Crippen molar-refractivity contribution in [1.82, 2.24) is 4.31 Å². The monoisotopic (exact) mass is 573 g/mol. The Morgan fingerprint density at radius 2 is 1.87 bits per heavy atom. The molecule has 0 radical (unpaired) electrons. The van der Waals surface area contributed by atoms with E-state index in [0.717, 1.165) is 30.4 Å². The minimum absolute atomic E-state index is 0.0210. The Morgan fingerprint density at radius 3 is 2.46 bits per heavy atom. The summed E-state index contributed by atoms with van der Waals surface area (Å²) in [4.78, 5) is 43.5. The number of carboxylic acid groups (broad SMARTS) is 1. The van der Waals surface area contributed by atoms with Crippen LogP contribution >= 0.6 is 11.3 Å². The highest BCUT2D eigenvalue weighted by Gasteiger charge is 2.42. The molecule has 1 saturated carbocycles. The van der Waals surface area contributed by atoms with Crippen LogP contribution in [0.2, 0.25) is 0 Å². The van der Waals surface area contributed by atoms with Crippen molar-refractivity contribution in [3.63, 3.8) is 0 Å². The average Bonchev–Trinajstić information content (AvgIpc) is 3.52. The number of carbonyl (C=O) groups is 3. The Kier molecular flexibility index (Phi) is 8.50. The van der Waals surface area contributed by atoms with Gasteiger partial charge in [0.25, 0.3) is 0 Å². The van der Waals surface area contributed by atoms with Gasteiger partial charge in [-0.2, -0.15) is 4.31 Å². The molecule has 39 heavy (non-hydrogen) atoms. The fraction of sp³-hybridized carbons (Fsp3) is 0.571. The standard InChI is InChI=1S/C28H35N3O6S2/c1-18-5-7-19(8-6-18)26(33)31(23-15-21(11-13-28(2,3)4)38-25(23)27(34)35)20-12-14-30(17-20)39(36,37)22-9-10-24(32)29-16-22/h9,15-16,18-20H,5-8,10,12,14,17H2,1-4H3,(H,34,35)/t18-,19-,20-/m0/s1. The Hall–Kier alpha value is -2.81. The molecule has 0 aromatic carbocycles. The summed E-state index contributed by atoms with van der Waals surface area (Å²) in [5.74, 6) is 4.74. The van der Waals surface area contributed by atoms with Crippen molar-refractivity contribution in [2.75, 3.05) is 18.0 Å². The first kappa shape index (κ1) is 29.2. The smallest absolute Gasteiger partial charge is 0.348 e. The number of anilines is 1. The molecule has 9 nitrogen and oxygen atoms in total. The second kappa shape index (κ2) is 11.4. The van der Waals surface area contributed by atoms with Crippen molar-refractivity contribution in [3.8, 4) is 11.8 Å². The summed E-state index contributed by atoms with van der Waals surface area (Å²) in [7, 11) is -3.92. The Bertz CT molecular complexity index is 1380. The van der Waals surface area contributed by atoms with Crippen LogP contribution in [0.1, 0.15) is 80.8 Å². The molecule has 0 unspecified atom stereocenters. The third kappa shape index (κ3) is 6.68. The third-order valence-electron chi connectivity index (χ3n) is 7.27. The van der Waals surface area contributed by atoms with Crippen molar-refractivity contribution in [3.05, 3.63) is 26.8 Å². The molecule has 4 rings (SSSR count). The molecule has 2 amide bonds. The predicted molar refractivity (Wildman–Crippen MR) is 151 cm³/mol. The van der Waals surface area contributed by atoms with E-state index in [0.29, 0.717) is 30.1 Å². The first-order valence-electron chi connectivity index (χ1n) is 13.3. The zero-order valence-electron chi connectivity index (χ0n) is 22.8. The predicted octanol–water partition coefficient (Wildman–Crippen LogP) is 4.29. The van der Waals surface area contributed by atoms with E-state index >= 15 is 0 Å². The number of sulfonamides is 1. The maximum Gasteiger partial charge on any atom is 0.348 e. The summed E-state index contributed by atoms with van der Waals surface area (Å²) in [6, 6.07) is 1.13. The fourth-order valence-corrected chi connectivity index (χ4v) is 7.45. The minimum atomic E-state index is -3.92. The second-order valence-electron chi connectivity index (χ2n) is 11.6. The zero-order chi connectivity index (χ0) is 28.5. The number of aliphatic imine (C=N–C) groups is 1. The van der Waals surface area contributed by atoms with Crippen LogP contribution in [-0.4, -0.2) is 61.0 Å². The van der Waals surface area contributed by atoms with Crippen molar-refractivity contribution in [2.45, 2.75) is 72.3 Å². The number of dihydropyridines is 1. The quantitative estimate of drug-likeness (QED) is 0.506. The largest absolute Gasteiger partial charge is 0.477 e. The van der Waals surface area contributed by atoms with E-state index in [4.69, 9.17) is 0 Å². The lowest BCUT2D eigenvalue weighted by atomic mass is 9.82. The molecule has 11 heteroatoms. The molecular formula is C28H35N3O6S2. The van der Waals surface area contributed by atoms with E-state index in [2.05, 4.69) is 23.8 Å². The van der Waals surface area contributed by atoms with Crippen LogP contribution in [0.15, 0.2) is 22.0 Å². The van der Waals surface area contributed by atoms with Gasteiger partial charge in [-0.3, -0.25) is 9.59 Å². The summed E-state index contributed by atoms with van der Waals surface area (Å²) in [6.07, 6.45) is 5.96. The lowest BCUT2D eigenvalue weighted by molar-refractivity contribution is -0.124. The van der Waals surface area contributed by atoms with Crippen molar-refractivity contribution in [1.29, 1.82) is 0 Å². The Labute approximate surface area is 234 Å². The van der Waals surface area contributed by atoms with Crippen LogP contribution in [0.4, 0.5) is 5.69 Å².